The van der Waals surface area contributed by atoms with Crippen molar-refractivity contribution in [2.45, 2.75) is 83.8 Å². The van der Waals surface area contributed by atoms with Gasteiger partial charge in [-0.05, 0) is 74.1 Å². The van der Waals surface area contributed by atoms with Gasteiger partial charge in [-0.2, -0.15) is 0 Å². The van der Waals surface area contributed by atoms with E-state index in [1.54, 1.807) is 7.11 Å². The Kier molecular flexibility index (Phi) is 5.93. The van der Waals surface area contributed by atoms with Gasteiger partial charge in [0.2, 0.25) is 5.91 Å². The minimum absolute atomic E-state index is 0.0249. The number of likely N-dealkylation sites (tertiary alicyclic amines) is 1. The van der Waals surface area contributed by atoms with Gasteiger partial charge in [-0.25, -0.2) is 4.79 Å². The lowest BCUT2D eigenvalue weighted by Crippen LogP contribution is -2.65. The summed E-state index contributed by atoms with van der Waals surface area (Å²) in [4.78, 5) is 28.1. The second kappa shape index (κ2) is 8.23. The Bertz CT molecular complexity index is 855. The Labute approximate surface area is 186 Å². The van der Waals surface area contributed by atoms with Crippen molar-refractivity contribution in [2.75, 3.05) is 20.3 Å². The Morgan fingerprint density at radius 3 is 2.48 bits per heavy atom. The van der Waals surface area contributed by atoms with E-state index >= 15 is 0 Å². The summed E-state index contributed by atoms with van der Waals surface area (Å²) in [5.74, 6) is 0.159. The average Bonchev–Trinajstić information content (AvgIpc) is 2.76. The molecule has 5 nitrogen and oxygen atoms in total. The number of nitrogens with zero attached hydrogens (tertiary/aromatic N) is 1. The molecule has 2 aliphatic carbocycles. The number of rotatable bonds is 4. The summed E-state index contributed by atoms with van der Waals surface area (Å²) in [7, 11) is 1.77. The molecule has 1 amide bonds. The highest BCUT2D eigenvalue weighted by Gasteiger charge is 2.57. The third-order valence-corrected chi connectivity index (χ3v) is 8.75. The topological polar surface area (TPSA) is 55.8 Å². The van der Waals surface area contributed by atoms with Gasteiger partial charge in [0.05, 0.1) is 18.3 Å². The smallest absolute Gasteiger partial charge is 0.338 e. The van der Waals surface area contributed by atoms with Gasteiger partial charge in [0.15, 0.2) is 0 Å². The molecule has 0 spiro atoms. The highest BCUT2D eigenvalue weighted by Crippen LogP contribution is 2.56. The van der Waals surface area contributed by atoms with Crippen LogP contribution in [-0.4, -0.2) is 49.2 Å². The molecule has 1 heterocycles. The van der Waals surface area contributed by atoms with Crippen LogP contribution in [0.3, 0.4) is 0 Å². The Hall–Kier alpha value is -1.88. The summed E-state index contributed by atoms with van der Waals surface area (Å²) in [5.41, 5.74) is 3.07. The van der Waals surface area contributed by atoms with Crippen LogP contribution >= 0.6 is 0 Å². The van der Waals surface area contributed by atoms with Gasteiger partial charge in [0.1, 0.15) is 0 Å². The van der Waals surface area contributed by atoms with E-state index in [1.165, 1.54) is 11.1 Å². The van der Waals surface area contributed by atoms with Crippen LogP contribution in [0.15, 0.2) is 18.2 Å². The number of amides is 1. The summed E-state index contributed by atoms with van der Waals surface area (Å²) in [6.07, 6.45) is 5.82. The van der Waals surface area contributed by atoms with Crippen molar-refractivity contribution in [3.05, 3.63) is 34.9 Å². The first-order valence-electron chi connectivity index (χ1n) is 11.9. The highest BCUT2D eigenvalue weighted by molar-refractivity contribution is 5.90. The number of ether oxygens (including phenoxy) is 2. The summed E-state index contributed by atoms with van der Waals surface area (Å²) in [6.45, 7) is 9.99. The predicted molar refractivity (Wildman–Crippen MR) is 120 cm³/mol. The Morgan fingerprint density at radius 1 is 1.13 bits per heavy atom. The van der Waals surface area contributed by atoms with E-state index in [-0.39, 0.29) is 28.8 Å². The fourth-order valence-electron chi connectivity index (χ4n) is 6.32. The van der Waals surface area contributed by atoms with Crippen LogP contribution in [-0.2, 0) is 26.1 Å². The van der Waals surface area contributed by atoms with Crippen LogP contribution in [0.5, 0.6) is 0 Å². The maximum absolute atomic E-state index is 13.6. The molecular formula is C26H37NO4. The molecule has 0 radical (unpaired) electrons. The van der Waals surface area contributed by atoms with Crippen LogP contribution in [0, 0.1) is 11.3 Å². The van der Waals surface area contributed by atoms with Crippen molar-refractivity contribution < 1.29 is 19.1 Å². The molecule has 2 bridgehead atoms. The summed E-state index contributed by atoms with van der Waals surface area (Å²) in [5, 5.41) is 0. The molecule has 170 valence electrons. The number of carbonyl (C=O) groups excluding carboxylic acids is 2. The zero-order chi connectivity index (χ0) is 22.4. The van der Waals surface area contributed by atoms with Gasteiger partial charge in [-0.15, -0.1) is 0 Å². The number of carbonyl (C=O) groups is 2. The van der Waals surface area contributed by atoms with Gasteiger partial charge in [-0.3, -0.25) is 4.79 Å². The largest absolute Gasteiger partial charge is 0.462 e. The molecule has 1 aromatic rings. The molecule has 1 aliphatic heterocycles. The fourth-order valence-corrected chi connectivity index (χ4v) is 6.32. The quantitative estimate of drug-likeness (QED) is 0.664. The summed E-state index contributed by atoms with van der Waals surface area (Å²) >= 11 is 0. The minimum Gasteiger partial charge on any atom is -0.462 e. The lowest BCUT2D eigenvalue weighted by molar-refractivity contribution is -0.150. The molecule has 31 heavy (non-hydrogen) atoms. The van der Waals surface area contributed by atoms with Gasteiger partial charge in [0.25, 0.3) is 0 Å². The standard InChI is InChI=1S/C26H37NO4/c1-6-31-24(29)18-9-12-21-19(15-18)16-22-25(2,3)26(21,4)13-14-27(22)23(28)17-7-10-20(30-5)11-8-17/h9,12,15,17,20,22H,6-8,10-11,13-14,16H2,1-5H3. The molecule has 1 saturated heterocycles. The van der Waals surface area contributed by atoms with Crippen molar-refractivity contribution in [1.82, 2.24) is 4.90 Å². The number of esters is 1. The minimum atomic E-state index is -0.270. The van der Waals surface area contributed by atoms with Gasteiger partial charge >= 0.3 is 5.97 Å². The van der Waals surface area contributed by atoms with E-state index < -0.39 is 0 Å². The van der Waals surface area contributed by atoms with Crippen LogP contribution in [0.2, 0.25) is 0 Å². The normalized spacial score (nSPS) is 31.6. The highest BCUT2D eigenvalue weighted by atomic mass is 16.5. The van der Waals surface area contributed by atoms with Crippen molar-refractivity contribution in [3.8, 4) is 0 Å². The van der Waals surface area contributed by atoms with Crippen molar-refractivity contribution >= 4 is 11.9 Å². The third kappa shape index (κ3) is 3.59. The van der Waals surface area contributed by atoms with Crippen LogP contribution in [0.4, 0.5) is 0 Å². The molecule has 3 aliphatic rings. The van der Waals surface area contributed by atoms with Gasteiger partial charge in [0, 0.05) is 31.0 Å². The SMILES string of the molecule is CCOC(=O)c1ccc2c(c1)CC1N(C(=O)C3CCC(OC)CC3)CCC2(C)C1(C)C. The number of hydrogen-bond donors (Lipinski definition) is 0. The van der Waals surface area contributed by atoms with Crippen LogP contribution in [0.1, 0.15) is 81.3 Å². The molecule has 0 aromatic heterocycles. The second-order valence-corrected chi connectivity index (χ2v) is 10.4. The zero-order valence-electron chi connectivity index (χ0n) is 19.7. The van der Waals surface area contributed by atoms with E-state index in [0.717, 1.165) is 45.1 Å². The average molecular weight is 428 g/mol. The molecule has 1 saturated carbocycles. The summed E-state index contributed by atoms with van der Waals surface area (Å²) in [6, 6.07) is 6.18. The second-order valence-electron chi connectivity index (χ2n) is 10.4. The molecule has 0 N–H and O–H groups in total. The monoisotopic (exact) mass is 427 g/mol. The Balaban J connectivity index is 1.63. The molecule has 1 aromatic carbocycles. The van der Waals surface area contributed by atoms with E-state index in [2.05, 4.69) is 31.7 Å². The van der Waals surface area contributed by atoms with E-state index in [0.29, 0.717) is 24.2 Å². The summed E-state index contributed by atoms with van der Waals surface area (Å²) < 4.78 is 10.7. The predicted octanol–water partition coefficient (Wildman–Crippen LogP) is 4.51. The number of benzene rings is 1. The maximum Gasteiger partial charge on any atom is 0.338 e. The van der Waals surface area contributed by atoms with Crippen molar-refractivity contribution in [1.29, 1.82) is 0 Å². The lowest BCUT2D eigenvalue weighted by atomic mass is 9.51. The first-order chi connectivity index (χ1) is 14.7. The third-order valence-electron chi connectivity index (χ3n) is 8.75. The van der Waals surface area contributed by atoms with Gasteiger partial charge in [-0.1, -0.05) is 26.8 Å². The number of methoxy groups -OCH3 is 1. The first kappa shape index (κ1) is 22.3. The van der Waals surface area contributed by atoms with E-state index in [1.807, 2.05) is 19.1 Å². The molecule has 2 unspecified atom stereocenters. The number of fused-ring (bicyclic) bond motifs is 4. The van der Waals surface area contributed by atoms with Crippen molar-refractivity contribution in [2.24, 2.45) is 11.3 Å². The van der Waals surface area contributed by atoms with Crippen LogP contribution in [0.25, 0.3) is 0 Å². The van der Waals surface area contributed by atoms with Gasteiger partial charge < -0.3 is 14.4 Å². The number of piperidine rings is 1. The van der Waals surface area contributed by atoms with E-state index in [4.69, 9.17) is 9.47 Å². The molecular weight excluding hydrogens is 390 g/mol. The number of hydrogen-bond acceptors (Lipinski definition) is 4. The maximum atomic E-state index is 13.6. The molecule has 2 atom stereocenters. The lowest BCUT2D eigenvalue weighted by Gasteiger charge is -2.61. The van der Waals surface area contributed by atoms with Crippen LogP contribution < -0.4 is 0 Å². The molecule has 4 rings (SSSR count). The van der Waals surface area contributed by atoms with E-state index in [9.17, 15) is 9.59 Å². The van der Waals surface area contributed by atoms with Crippen molar-refractivity contribution in [3.63, 3.8) is 0 Å². The zero-order valence-corrected chi connectivity index (χ0v) is 19.7. The fraction of sp³-hybridized carbons (Fsp3) is 0.692. The Morgan fingerprint density at radius 2 is 1.84 bits per heavy atom. The molecule has 2 fully saturated rings. The molecule has 5 heteroatoms. The first-order valence-corrected chi connectivity index (χ1v) is 11.9.